The van der Waals surface area contributed by atoms with Crippen LogP contribution in [0.4, 0.5) is 5.69 Å². The molecular weight excluding hydrogens is 412 g/mol. The van der Waals surface area contributed by atoms with Crippen molar-refractivity contribution in [2.24, 2.45) is 0 Å². The summed E-state index contributed by atoms with van der Waals surface area (Å²) in [6.45, 7) is 5.53. The van der Waals surface area contributed by atoms with Crippen LogP contribution in [0.1, 0.15) is 28.4 Å². The number of carbonyl (C=O) groups excluding carboxylic acids is 1. The van der Waals surface area contributed by atoms with Crippen molar-refractivity contribution in [1.29, 1.82) is 5.41 Å². The Hall–Kier alpha value is -3.64. The summed E-state index contributed by atoms with van der Waals surface area (Å²) in [6.07, 6.45) is 0. The maximum Gasteiger partial charge on any atom is 0.251 e. The normalized spacial score (nSPS) is 13.8. The number of benzene rings is 3. The molecule has 0 unspecified atom stereocenters. The van der Waals surface area contributed by atoms with Gasteiger partial charge in [0.25, 0.3) is 5.91 Å². The fourth-order valence-electron chi connectivity index (χ4n) is 4.15. The summed E-state index contributed by atoms with van der Waals surface area (Å²) in [5, 5.41) is 14.1. The second kappa shape index (κ2) is 9.46. The quantitative estimate of drug-likeness (QED) is 0.454. The van der Waals surface area contributed by atoms with Crippen molar-refractivity contribution in [3.05, 3.63) is 77.4 Å². The van der Waals surface area contributed by atoms with Gasteiger partial charge in [0.05, 0.1) is 6.04 Å². The second-order valence-corrected chi connectivity index (χ2v) is 8.63. The number of likely N-dealkylation sites (tertiary alicyclic amines) is 1. The van der Waals surface area contributed by atoms with Gasteiger partial charge in [0, 0.05) is 48.7 Å². The predicted molar refractivity (Wildman–Crippen MR) is 134 cm³/mol. The van der Waals surface area contributed by atoms with Crippen molar-refractivity contribution >= 4 is 17.3 Å². The number of hydrogen-bond donors (Lipinski definition) is 3. The first-order valence-electron chi connectivity index (χ1n) is 11.1. The second-order valence-electron chi connectivity index (χ2n) is 8.63. The SMILES string of the molecule is CNc1cc(Oc2cccc(-c3ccc(C(=O)NC4CN(C)C4)c(C)c3)c2)ccc1C(C)=N. The third-order valence-electron chi connectivity index (χ3n) is 5.94. The molecule has 0 spiro atoms. The predicted octanol–water partition coefficient (Wildman–Crippen LogP) is 4.93. The Morgan fingerprint density at radius 3 is 2.36 bits per heavy atom. The lowest BCUT2D eigenvalue weighted by molar-refractivity contribution is 0.0857. The van der Waals surface area contributed by atoms with Crippen LogP contribution < -0.4 is 15.4 Å². The number of carbonyl (C=O) groups is 1. The van der Waals surface area contributed by atoms with E-state index in [2.05, 4.69) is 15.5 Å². The highest BCUT2D eigenvalue weighted by molar-refractivity contribution is 6.01. The molecule has 0 aromatic heterocycles. The standard InChI is InChI=1S/C27H30N4O2/c1-17-12-20(8-10-24(17)27(32)30-21-15-31(4)16-21)19-6-5-7-22(13-19)33-23-9-11-25(18(2)28)26(14-23)29-3/h5-14,21,28-29H,15-16H2,1-4H3,(H,30,32). The number of rotatable bonds is 7. The molecule has 3 aromatic carbocycles. The lowest BCUT2D eigenvalue weighted by Gasteiger charge is -2.36. The molecule has 33 heavy (non-hydrogen) atoms. The van der Waals surface area contributed by atoms with Gasteiger partial charge in [0.2, 0.25) is 0 Å². The van der Waals surface area contributed by atoms with Crippen molar-refractivity contribution in [3.63, 3.8) is 0 Å². The van der Waals surface area contributed by atoms with Gasteiger partial charge >= 0.3 is 0 Å². The lowest BCUT2D eigenvalue weighted by atomic mass is 9.99. The molecule has 1 aliphatic heterocycles. The van der Waals surface area contributed by atoms with E-state index in [1.54, 1.807) is 6.92 Å². The molecule has 1 heterocycles. The number of nitrogens with zero attached hydrogens (tertiary/aromatic N) is 1. The van der Waals surface area contributed by atoms with Crippen LogP contribution in [0, 0.1) is 12.3 Å². The van der Waals surface area contributed by atoms with E-state index in [0.717, 1.165) is 46.8 Å². The molecule has 1 amide bonds. The molecule has 6 nitrogen and oxygen atoms in total. The zero-order valence-corrected chi connectivity index (χ0v) is 19.5. The van der Waals surface area contributed by atoms with Gasteiger partial charge < -0.3 is 25.7 Å². The number of ether oxygens (including phenoxy) is 1. The van der Waals surface area contributed by atoms with Gasteiger partial charge in [-0.2, -0.15) is 0 Å². The molecule has 0 radical (unpaired) electrons. The van der Waals surface area contributed by atoms with Crippen molar-refractivity contribution in [2.45, 2.75) is 19.9 Å². The maximum atomic E-state index is 12.6. The molecule has 170 valence electrons. The number of anilines is 1. The molecule has 1 fully saturated rings. The van der Waals surface area contributed by atoms with Crippen LogP contribution in [-0.2, 0) is 0 Å². The Bertz CT molecular complexity index is 1200. The molecule has 0 atom stereocenters. The van der Waals surface area contributed by atoms with Crippen LogP contribution in [0.2, 0.25) is 0 Å². The Balaban J connectivity index is 1.51. The van der Waals surface area contributed by atoms with Crippen molar-refractivity contribution < 1.29 is 9.53 Å². The summed E-state index contributed by atoms with van der Waals surface area (Å²) in [4.78, 5) is 14.8. The van der Waals surface area contributed by atoms with Crippen LogP contribution in [0.25, 0.3) is 11.1 Å². The van der Waals surface area contributed by atoms with Crippen molar-refractivity contribution in [3.8, 4) is 22.6 Å². The highest BCUT2D eigenvalue weighted by Gasteiger charge is 2.25. The molecule has 3 N–H and O–H groups in total. The number of aryl methyl sites for hydroxylation is 1. The molecule has 1 saturated heterocycles. The van der Waals surface area contributed by atoms with E-state index in [1.165, 1.54) is 0 Å². The smallest absolute Gasteiger partial charge is 0.251 e. The van der Waals surface area contributed by atoms with Crippen molar-refractivity contribution in [1.82, 2.24) is 10.2 Å². The largest absolute Gasteiger partial charge is 0.457 e. The molecule has 3 aromatic rings. The minimum absolute atomic E-state index is 0.0156. The van der Waals surface area contributed by atoms with Gasteiger partial charge in [0.15, 0.2) is 0 Å². The molecule has 0 bridgehead atoms. The third-order valence-corrected chi connectivity index (χ3v) is 5.94. The topological polar surface area (TPSA) is 77.5 Å². The van der Waals surface area contributed by atoms with Crippen LogP contribution in [0.5, 0.6) is 11.5 Å². The van der Waals surface area contributed by atoms with Gasteiger partial charge in [-0.05, 0) is 67.9 Å². The number of likely N-dealkylation sites (N-methyl/N-ethyl adjacent to an activating group) is 1. The van der Waals surface area contributed by atoms with E-state index in [1.807, 2.05) is 81.7 Å². The molecule has 1 aliphatic rings. The van der Waals surface area contributed by atoms with Gasteiger partial charge in [0.1, 0.15) is 11.5 Å². The fourth-order valence-corrected chi connectivity index (χ4v) is 4.15. The van der Waals surface area contributed by atoms with E-state index in [-0.39, 0.29) is 11.9 Å². The zero-order chi connectivity index (χ0) is 23.5. The van der Waals surface area contributed by atoms with Crippen LogP contribution in [-0.4, -0.2) is 49.7 Å². The van der Waals surface area contributed by atoms with E-state index < -0.39 is 0 Å². The van der Waals surface area contributed by atoms with Gasteiger partial charge in [-0.25, -0.2) is 0 Å². The van der Waals surface area contributed by atoms with Gasteiger partial charge in [-0.3, -0.25) is 4.79 Å². The van der Waals surface area contributed by atoms with E-state index in [9.17, 15) is 4.79 Å². The minimum Gasteiger partial charge on any atom is -0.457 e. The summed E-state index contributed by atoms with van der Waals surface area (Å²) < 4.78 is 6.10. The minimum atomic E-state index is -0.0156. The first kappa shape index (κ1) is 22.6. The average Bonchev–Trinajstić information content (AvgIpc) is 2.77. The summed E-state index contributed by atoms with van der Waals surface area (Å²) in [5.41, 5.74) is 5.91. The Kier molecular flexibility index (Phi) is 6.47. The Labute approximate surface area is 195 Å². The first-order chi connectivity index (χ1) is 15.8. The summed E-state index contributed by atoms with van der Waals surface area (Å²) >= 11 is 0. The lowest BCUT2D eigenvalue weighted by Crippen LogP contribution is -2.57. The van der Waals surface area contributed by atoms with E-state index >= 15 is 0 Å². The van der Waals surface area contributed by atoms with E-state index in [0.29, 0.717) is 17.0 Å². The summed E-state index contributed by atoms with van der Waals surface area (Å²) in [5.74, 6) is 1.41. The maximum absolute atomic E-state index is 12.6. The van der Waals surface area contributed by atoms with Crippen molar-refractivity contribution in [2.75, 3.05) is 32.5 Å². The molecular formula is C27H30N4O2. The Morgan fingerprint density at radius 2 is 1.70 bits per heavy atom. The molecule has 4 rings (SSSR count). The zero-order valence-electron chi connectivity index (χ0n) is 19.5. The Morgan fingerprint density at radius 1 is 1.00 bits per heavy atom. The van der Waals surface area contributed by atoms with E-state index in [4.69, 9.17) is 10.1 Å². The third kappa shape index (κ3) is 5.07. The first-order valence-corrected chi connectivity index (χ1v) is 11.1. The number of amides is 1. The average molecular weight is 443 g/mol. The van der Waals surface area contributed by atoms with Gasteiger partial charge in [-0.15, -0.1) is 0 Å². The van der Waals surface area contributed by atoms with Crippen LogP contribution in [0.3, 0.4) is 0 Å². The molecule has 6 heteroatoms. The van der Waals surface area contributed by atoms with Gasteiger partial charge in [-0.1, -0.05) is 24.3 Å². The fraction of sp³-hybridized carbons (Fsp3) is 0.259. The highest BCUT2D eigenvalue weighted by Crippen LogP contribution is 2.31. The van der Waals surface area contributed by atoms with Crippen LogP contribution >= 0.6 is 0 Å². The van der Waals surface area contributed by atoms with Crippen LogP contribution in [0.15, 0.2) is 60.7 Å². The molecule has 0 aliphatic carbocycles. The number of hydrogen-bond acceptors (Lipinski definition) is 5. The number of nitrogens with one attached hydrogen (secondary N) is 3. The summed E-state index contributed by atoms with van der Waals surface area (Å²) in [6, 6.07) is 19.7. The summed E-state index contributed by atoms with van der Waals surface area (Å²) in [7, 11) is 3.88. The molecule has 0 saturated carbocycles. The monoisotopic (exact) mass is 442 g/mol. The highest BCUT2D eigenvalue weighted by atomic mass is 16.5.